The van der Waals surface area contributed by atoms with E-state index in [1.807, 2.05) is 13.5 Å². The van der Waals surface area contributed by atoms with Crippen LogP contribution in [0.5, 0.6) is 0 Å². The van der Waals surface area contributed by atoms with Gasteiger partial charge < -0.3 is 17.7 Å². The Labute approximate surface area is 88.3 Å². The van der Waals surface area contributed by atoms with Gasteiger partial charge in [-0.3, -0.25) is 4.65 Å². The largest absolute Gasteiger partial charge is 0.421 e. The van der Waals surface area contributed by atoms with E-state index < -0.39 is 17.4 Å². The Balaban J connectivity index is 4.56. The van der Waals surface area contributed by atoms with Gasteiger partial charge in [0.15, 0.2) is 0 Å². The van der Waals surface area contributed by atoms with Crippen molar-refractivity contribution in [3.05, 3.63) is 0 Å². The minimum atomic E-state index is -2.33. The Morgan fingerprint density at radius 1 is 0.929 bits per heavy atom. The maximum absolute atomic E-state index is 5.42. The number of hydrogen-bond donors (Lipinski definition) is 1. The molecule has 0 aliphatic carbocycles. The van der Waals surface area contributed by atoms with Crippen molar-refractivity contribution in [3.8, 4) is 0 Å². The summed E-state index contributed by atoms with van der Waals surface area (Å²) in [4.78, 5) is 0. The van der Waals surface area contributed by atoms with Crippen LogP contribution in [0.15, 0.2) is 0 Å². The molecule has 0 saturated heterocycles. The van der Waals surface area contributed by atoms with Crippen LogP contribution >= 0.6 is 0 Å². The maximum atomic E-state index is 5.42. The first-order chi connectivity index (χ1) is 6.51. The fourth-order valence-corrected chi connectivity index (χ4v) is 7.11. The van der Waals surface area contributed by atoms with E-state index in [0.29, 0.717) is 0 Å². The molecular weight excluding hydrogens is 218 g/mol. The van der Waals surface area contributed by atoms with Crippen molar-refractivity contribution in [3.63, 3.8) is 0 Å². The van der Waals surface area contributed by atoms with Crippen LogP contribution in [-0.2, 0) is 17.7 Å². The monoisotopic (exact) mass is 239 g/mol. The lowest BCUT2D eigenvalue weighted by molar-refractivity contribution is 0.205. The van der Waals surface area contributed by atoms with Gasteiger partial charge in [0.2, 0.25) is 0 Å². The quantitative estimate of drug-likeness (QED) is 0.662. The highest BCUT2D eigenvalue weighted by Crippen LogP contribution is 2.12. The summed E-state index contributed by atoms with van der Waals surface area (Å²) in [5.74, 6) is 0. The van der Waals surface area contributed by atoms with Gasteiger partial charge in [-0.05, 0) is 6.55 Å². The molecule has 5 nitrogen and oxygen atoms in total. The van der Waals surface area contributed by atoms with Crippen molar-refractivity contribution in [1.29, 1.82) is 0 Å². The van der Waals surface area contributed by atoms with Crippen LogP contribution in [0.2, 0.25) is 12.6 Å². The van der Waals surface area contributed by atoms with Crippen LogP contribution in [0.25, 0.3) is 0 Å². The standard InChI is InChI=1S/C7H21NO4Si2/c1-7-14(11-4,12-5)8-13(6,9-2)10-3/h8H,7H2,1-6H3. The van der Waals surface area contributed by atoms with Gasteiger partial charge in [-0.15, -0.1) is 0 Å². The molecule has 0 radical (unpaired) electrons. The van der Waals surface area contributed by atoms with Crippen molar-refractivity contribution in [2.24, 2.45) is 0 Å². The lowest BCUT2D eigenvalue weighted by Gasteiger charge is -2.34. The Hall–Kier alpha value is 0.234. The van der Waals surface area contributed by atoms with Gasteiger partial charge in [0, 0.05) is 34.5 Å². The molecule has 0 rings (SSSR count). The molecule has 0 saturated carbocycles. The number of hydrogen-bond acceptors (Lipinski definition) is 5. The van der Waals surface area contributed by atoms with Gasteiger partial charge in [-0.2, -0.15) is 0 Å². The fraction of sp³-hybridized carbons (Fsp3) is 1.00. The van der Waals surface area contributed by atoms with E-state index in [1.165, 1.54) is 0 Å². The molecule has 0 atom stereocenters. The average molecular weight is 239 g/mol. The van der Waals surface area contributed by atoms with E-state index in [0.717, 1.165) is 6.04 Å². The summed E-state index contributed by atoms with van der Waals surface area (Å²) in [5, 5.41) is 0. The van der Waals surface area contributed by atoms with E-state index in [-0.39, 0.29) is 0 Å². The predicted molar refractivity (Wildman–Crippen MR) is 59.0 cm³/mol. The third-order valence-corrected chi connectivity index (χ3v) is 9.47. The SMILES string of the molecule is CC[Si](N[Si](C)(OC)OC)(OC)OC. The molecule has 14 heavy (non-hydrogen) atoms. The van der Waals surface area contributed by atoms with E-state index >= 15 is 0 Å². The smallest absolute Gasteiger partial charge is 0.386 e. The van der Waals surface area contributed by atoms with Crippen LogP contribution in [0.1, 0.15) is 6.92 Å². The summed E-state index contributed by atoms with van der Waals surface area (Å²) in [6.07, 6.45) is 0. The third kappa shape index (κ3) is 3.42. The lowest BCUT2D eigenvalue weighted by atomic mass is 11.0. The highest BCUT2D eigenvalue weighted by molar-refractivity contribution is 6.81. The molecule has 0 fully saturated rings. The van der Waals surface area contributed by atoms with Crippen molar-refractivity contribution in [1.82, 2.24) is 4.65 Å². The predicted octanol–water partition coefficient (Wildman–Crippen LogP) is 0.689. The lowest BCUT2D eigenvalue weighted by Crippen LogP contribution is -2.67. The maximum Gasteiger partial charge on any atom is 0.421 e. The minimum absolute atomic E-state index is 0.801. The summed E-state index contributed by atoms with van der Waals surface area (Å²) in [7, 11) is 1.88. The molecule has 0 unspecified atom stereocenters. The first-order valence-corrected chi connectivity index (χ1v) is 8.85. The first kappa shape index (κ1) is 14.2. The summed E-state index contributed by atoms with van der Waals surface area (Å²) in [6, 6.07) is 0.801. The normalized spacial score (nSPS) is 13.3. The third-order valence-electron chi connectivity index (χ3n) is 2.32. The van der Waals surface area contributed by atoms with Crippen molar-refractivity contribution in [2.75, 3.05) is 28.4 Å². The number of rotatable bonds is 7. The summed E-state index contributed by atoms with van der Waals surface area (Å²) < 4.78 is 24.8. The second-order valence-electron chi connectivity index (χ2n) is 2.99. The Morgan fingerprint density at radius 3 is 1.57 bits per heavy atom. The molecule has 0 bridgehead atoms. The molecular formula is C7H21NO4Si2. The molecule has 0 aromatic carbocycles. The zero-order valence-electron chi connectivity index (χ0n) is 9.84. The average Bonchev–Trinajstić information content (AvgIpc) is 2.26. The molecule has 0 heterocycles. The second kappa shape index (κ2) is 5.96. The summed E-state index contributed by atoms with van der Waals surface area (Å²) in [6.45, 7) is 3.94. The van der Waals surface area contributed by atoms with Gasteiger partial charge in [-0.25, -0.2) is 0 Å². The molecule has 0 aliphatic heterocycles. The van der Waals surface area contributed by atoms with E-state index in [9.17, 15) is 0 Å². The van der Waals surface area contributed by atoms with Gasteiger partial charge in [0.25, 0.3) is 0 Å². The van der Waals surface area contributed by atoms with Gasteiger partial charge in [0.1, 0.15) is 0 Å². The van der Waals surface area contributed by atoms with E-state index in [4.69, 9.17) is 17.7 Å². The van der Waals surface area contributed by atoms with Gasteiger partial charge >= 0.3 is 17.4 Å². The molecule has 0 spiro atoms. The van der Waals surface area contributed by atoms with Gasteiger partial charge in [-0.1, -0.05) is 6.92 Å². The molecule has 0 aromatic rings. The Morgan fingerprint density at radius 2 is 1.36 bits per heavy atom. The van der Waals surface area contributed by atoms with Crippen molar-refractivity contribution < 1.29 is 17.7 Å². The summed E-state index contributed by atoms with van der Waals surface area (Å²) in [5.41, 5.74) is 0. The minimum Gasteiger partial charge on any atom is -0.386 e. The molecule has 7 heteroatoms. The highest BCUT2D eigenvalue weighted by atomic mass is 28.4. The first-order valence-electron chi connectivity index (χ1n) is 4.51. The van der Waals surface area contributed by atoms with Crippen LogP contribution in [0.3, 0.4) is 0 Å². The molecule has 1 N–H and O–H groups in total. The second-order valence-corrected chi connectivity index (χ2v) is 9.73. The van der Waals surface area contributed by atoms with Crippen LogP contribution in [0.4, 0.5) is 0 Å². The Kier molecular flexibility index (Phi) is 6.06. The zero-order valence-corrected chi connectivity index (χ0v) is 11.8. The zero-order chi connectivity index (χ0) is 11.2. The van der Waals surface area contributed by atoms with Crippen molar-refractivity contribution >= 4 is 17.4 Å². The van der Waals surface area contributed by atoms with Crippen LogP contribution < -0.4 is 4.65 Å². The fourth-order valence-electron chi connectivity index (χ4n) is 1.09. The van der Waals surface area contributed by atoms with E-state index in [2.05, 4.69) is 4.65 Å². The van der Waals surface area contributed by atoms with E-state index in [1.54, 1.807) is 28.4 Å². The van der Waals surface area contributed by atoms with Crippen LogP contribution in [0, 0.1) is 0 Å². The molecule has 86 valence electrons. The number of nitrogens with one attached hydrogen (secondary N) is 1. The molecule has 0 amide bonds. The van der Waals surface area contributed by atoms with Gasteiger partial charge in [0.05, 0.1) is 0 Å². The van der Waals surface area contributed by atoms with Crippen molar-refractivity contribution in [2.45, 2.75) is 19.5 Å². The topological polar surface area (TPSA) is 49.0 Å². The van der Waals surface area contributed by atoms with Crippen LogP contribution in [-0.4, -0.2) is 45.9 Å². The molecule has 0 aromatic heterocycles. The highest BCUT2D eigenvalue weighted by Gasteiger charge is 2.45. The molecule has 0 aliphatic rings. The Bertz CT molecular complexity index is 154. The summed E-state index contributed by atoms with van der Waals surface area (Å²) >= 11 is 0.